The zero-order chi connectivity index (χ0) is 28.4. The maximum Gasteiger partial charge on any atom is 0.408 e. The molecule has 5 N–H and O–H groups in total. The minimum atomic E-state index is -1.20. The predicted molar refractivity (Wildman–Crippen MR) is 142 cm³/mol. The predicted octanol–water partition coefficient (Wildman–Crippen LogP) is 3.53. The zero-order valence-corrected chi connectivity index (χ0v) is 23.2. The lowest BCUT2D eigenvalue weighted by atomic mass is 9.91. The number of benzene rings is 1. The molecule has 37 heavy (non-hydrogen) atoms. The summed E-state index contributed by atoms with van der Waals surface area (Å²) in [5.41, 5.74) is 3.89. The van der Waals surface area contributed by atoms with Crippen LogP contribution < -0.4 is 16.4 Å². The third kappa shape index (κ3) is 9.93. The average molecular weight is 521 g/mol. The monoisotopic (exact) mass is 520 g/mol. The van der Waals surface area contributed by atoms with E-state index in [0.29, 0.717) is 13.0 Å². The summed E-state index contributed by atoms with van der Waals surface area (Å²) < 4.78 is 5.34. The molecule has 0 aliphatic rings. The molecule has 10 heteroatoms. The first-order valence-electron chi connectivity index (χ1n) is 12.8. The molecule has 0 bridgehead atoms. The van der Waals surface area contributed by atoms with Crippen LogP contribution in [0.1, 0.15) is 92.2 Å². The van der Waals surface area contributed by atoms with Gasteiger partial charge in [0.2, 0.25) is 17.7 Å². The molecular weight excluding hydrogens is 476 g/mol. The van der Waals surface area contributed by atoms with Gasteiger partial charge in [0, 0.05) is 24.1 Å². The largest absolute Gasteiger partial charge is 0.508 e. The van der Waals surface area contributed by atoms with Crippen LogP contribution in [0.4, 0.5) is 4.79 Å². The number of ether oxygens (including phenoxy) is 1. The molecule has 0 aliphatic heterocycles. The van der Waals surface area contributed by atoms with E-state index in [1.807, 2.05) is 13.8 Å². The fourth-order valence-electron chi connectivity index (χ4n) is 3.71. The van der Waals surface area contributed by atoms with Crippen LogP contribution in [0.15, 0.2) is 24.3 Å². The van der Waals surface area contributed by atoms with Gasteiger partial charge >= 0.3 is 6.09 Å². The Kier molecular flexibility index (Phi) is 11.9. The Morgan fingerprint density at radius 2 is 1.70 bits per heavy atom. The molecule has 2 unspecified atom stereocenters. The van der Waals surface area contributed by atoms with E-state index >= 15 is 0 Å². The molecule has 10 nitrogen and oxygen atoms in total. The second-order valence-electron chi connectivity index (χ2n) is 10.7. The molecule has 1 aromatic rings. The normalized spacial score (nSPS) is 13.3. The molecule has 0 aromatic heterocycles. The molecule has 2 atom stereocenters. The van der Waals surface area contributed by atoms with Crippen LogP contribution in [0.3, 0.4) is 0 Å². The number of phenols is 1. The van der Waals surface area contributed by atoms with Gasteiger partial charge in [0.15, 0.2) is 0 Å². The number of nitrogens with one attached hydrogen (secondary N) is 2. The number of hydrogen-bond acceptors (Lipinski definition) is 6. The van der Waals surface area contributed by atoms with Crippen LogP contribution in [0, 0.1) is 0 Å². The Hall–Kier alpha value is -3.30. The Balaban J connectivity index is 3.62. The second-order valence-corrected chi connectivity index (χ2v) is 10.7. The molecule has 4 amide bonds. The maximum absolute atomic E-state index is 14.2. The number of unbranched alkanes of at least 4 members (excludes halogenated alkanes) is 1. The summed E-state index contributed by atoms with van der Waals surface area (Å²) >= 11 is 0. The summed E-state index contributed by atoms with van der Waals surface area (Å²) in [6, 6.07) is 3.94. The van der Waals surface area contributed by atoms with Crippen molar-refractivity contribution in [1.82, 2.24) is 15.5 Å². The van der Waals surface area contributed by atoms with Crippen molar-refractivity contribution in [3.8, 4) is 5.75 Å². The molecule has 0 saturated heterocycles. The highest BCUT2D eigenvalue weighted by Crippen LogP contribution is 2.36. The average Bonchev–Trinajstić information content (AvgIpc) is 2.79. The standard InChI is InChI=1S/C27H44N4O6/c1-8-10-17-29-23(34)22(18-13-11-12-14-20(18)32)31(27(6,7)9-2)24(35)19(15-16-21(28)33)30-25(36)37-26(3,4)5/h11-14,19,22,32H,8-10,15-17H2,1-7H3,(H2,28,33)(H,29,34)(H,30,36). The number of carbonyl (C=O) groups excluding carboxylic acids is 4. The van der Waals surface area contributed by atoms with Crippen LogP contribution in [0.2, 0.25) is 0 Å². The molecule has 0 heterocycles. The van der Waals surface area contributed by atoms with Crippen LogP contribution in [-0.4, -0.2) is 57.5 Å². The first-order valence-corrected chi connectivity index (χ1v) is 12.8. The van der Waals surface area contributed by atoms with Gasteiger partial charge in [-0.15, -0.1) is 0 Å². The number of nitrogens with two attached hydrogens (primary N) is 1. The number of hydrogen-bond donors (Lipinski definition) is 4. The summed E-state index contributed by atoms with van der Waals surface area (Å²) in [5.74, 6) is -1.84. The molecular formula is C27H44N4O6. The van der Waals surface area contributed by atoms with E-state index in [4.69, 9.17) is 10.5 Å². The first kappa shape index (κ1) is 31.7. The lowest BCUT2D eigenvalue weighted by molar-refractivity contribution is -0.149. The zero-order valence-electron chi connectivity index (χ0n) is 23.2. The Labute approximate surface area is 220 Å². The Morgan fingerprint density at radius 3 is 2.22 bits per heavy atom. The summed E-state index contributed by atoms with van der Waals surface area (Å²) in [6.07, 6.45) is 0.965. The highest BCUT2D eigenvalue weighted by atomic mass is 16.6. The summed E-state index contributed by atoms with van der Waals surface area (Å²) in [4.78, 5) is 53.3. The van der Waals surface area contributed by atoms with E-state index in [-0.39, 0.29) is 24.2 Å². The number of alkyl carbamates (subject to hydrolysis) is 1. The summed E-state index contributed by atoms with van der Waals surface area (Å²) in [6.45, 7) is 12.9. The van der Waals surface area contributed by atoms with E-state index in [2.05, 4.69) is 10.6 Å². The smallest absolute Gasteiger partial charge is 0.408 e. The van der Waals surface area contributed by atoms with Crippen molar-refractivity contribution in [2.45, 2.75) is 104 Å². The van der Waals surface area contributed by atoms with Gasteiger partial charge in [-0.05, 0) is 59.9 Å². The van der Waals surface area contributed by atoms with Crippen molar-refractivity contribution in [3.05, 3.63) is 29.8 Å². The van der Waals surface area contributed by atoms with Crippen molar-refractivity contribution in [1.29, 1.82) is 0 Å². The molecule has 0 spiro atoms. The number of para-hydroxylation sites is 1. The van der Waals surface area contributed by atoms with Gasteiger partial charge in [0.25, 0.3) is 0 Å². The van der Waals surface area contributed by atoms with Crippen molar-refractivity contribution in [2.75, 3.05) is 6.54 Å². The van der Waals surface area contributed by atoms with Crippen LogP contribution in [0.5, 0.6) is 5.75 Å². The van der Waals surface area contributed by atoms with E-state index in [1.165, 1.54) is 11.0 Å². The number of nitrogens with zero attached hydrogens (tertiary/aromatic N) is 1. The number of primary amides is 1. The molecule has 0 fully saturated rings. The van der Waals surface area contributed by atoms with Gasteiger partial charge < -0.3 is 31.1 Å². The highest BCUT2D eigenvalue weighted by molar-refractivity contribution is 5.93. The SMILES string of the molecule is CCCCNC(=O)C(c1ccccc1O)N(C(=O)C(CCC(N)=O)NC(=O)OC(C)(C)C)C(C)(C)CC. The molecule has 0 aliphatic carbocycles. The lowest BCUT2D eigenvalue weighted by Crippen LogP contribution is -2.59. The fraction of sp³-hybridized carbons (Fsp3) is 0.630. The minimum absolute atomic E-state index is 0.0886. The molecule has 1 rings (SSSR count). The number of carbonyl (C=O) groups is 4. The summed E-state index contributed by atoms with van der Waals surface area (Å²) in [5, 5.41) is 16.1. The van der Waals surface area contributed by atoms with E-state index < -0.39 is 47.0 Å². The van der Waals surface area contributed by atoms with Crippen LogP contribution in [0.25, 0.3) is 0 Å². The topological polar surface area (TPSA) is 151 Å². The second kappa shape index (κ2) is 13.9. The quantitative estimate of drug-likeness (QED) is 0.292. The van der Waals surface area contributed by atoms with Crippen molar-refractivity contribution < 1.29 is 29.0 Å². The van der Waals surface area contributed by atoms with Crippen LogP contribution >= 0.6 is 0 Å². The minimum Gasteiger partial charge on any atom is -0.508 e. The number of rotatable bonds is 13. The Bertz CT molecular complexity index is 941. The van der Waals surface area contributed by atoms with Crippen LogP contribution in [-0.2, 0) is 19.1 Å². The van der Waals surface area contributed by atoms with Gasteiger partial charge in [-0.2, -0.15) is 0 Å². The molecule has 208 valence electrons. The molecule has 1 aromatic carbocycles. The molecule has 0 radical (unpaired) electrons. The van der Waals surface area contributed by atoms with Crippen molar-refractivity contribution in [3.63, 3.8) is 0 Å². The number of phenolic OH excluding ortho intramolecular Hbond substituents is 1. The van der Waals surface area contributed by atoms with Gasteiger partial charge in [0.1, 0.15) is 23.4 Å². The molecule has 0 saturated carbocycles. The van der Waals surface area contributed by atoms with Gasteiger partial charge in [0.05, 0.1) is 0 Å². The third-order valence-corrected chi connectivity index (χ3v) is 5.99. The van der Waals surface area contributed by atoms with Gasteiger partial charge in [-0.1, -0.05) is 38.5 Å². The van der Waals surface area contributed by atoms with E-state index in [0.717, 1.165) is 12.8 Å². The highest BCUT2D eigenvalue weighted by Gasteiger charge is 2.43. The van der Waals surface area contributed by atoms with E-state index in [1.54, 1.807) is 52.8 Å². The first-order chi connectivity index (χ1) is 17.1. The van der Waals surface area contributed by atoms with Gasteiger partial charge in [-0.25, -0.2) is 4.79 Å². The Morgan fingerprint density at radius 1 is 1.08 bits per heavy atom. The lowest BCUT2D eigenvalue weighted by Gasteiger charge is -2.44. The number of aromatic hydroxyl groups is 1. The van der Waals surface area contributed by atoms with Crippen molar-refractivity contribution >= 4 is 23.8 Å². The number of amides is 4. The van der Waals surface area contributed by atoms with E-state index in [9.17, 15) is 24.3 Å². The third-order valence-electron chi connectivity index (χ3n) is 5.99. The maximum atomic E-state index is 14.2. The fourth-order valence-corrected chi connectivity index (χ4v) is 3.71. The van der Waals surface area contributed by atoms with Crippen molar-refractivity contribution in [2.24, 2.45) is 5.73 Å². The van der Waals surface area contributed by atoms with Gasteiger partial charge in [-0.3, -0.25) is 14.4 Å². The summed E-state index contributed by atoms with van der Waals surface area (Å²) in [7, 11) is 0.